The molecule has 3 aliphatic rings. The molecule has 0 radical (unpaired) electrons. The predicted molar refractivity (Wildman–Crippen MR) is 118 cm³/mol. The summed E-state index contributed by atoms with van der Waals surface area (Å²) >= 11 is 0. The van der Waals surface area contributed by atoms with Gasteiger partial charge in [-0.15, -0.1) is 5.10 Å². The zero-order valence-electron chi connectivity index (χ0n) is 19.2. The number of hydrogen-bond donors (Lipinski definition) is 0. The Labute approximate surface area is 189 Å². The van der Waals surface area contributed by atoms with Crippen molar-refractivity contribution in [2.24, 2.45) is 5.92 Å². The smallest absolute Gasteiger partial charge is 0.231 e. The molecular weight excluding hydrogens is 408 g/mol. The van der Waals surface area contributed by atoms with Crippen LogP contribution in [-0.4, -0.2) is 75.7 Å². The van der Waals surface area contributed by atoms with Crippen LogP contribution in [0.4, 0.5) is 0 Å². The maximum Gasteiger partial charge on any atom is 0.231 e. The van der Waals surface area contributed by atoms with Crippen LogP contribution in [0, 0.1) is 5.92 Å². The highest BCUT2D eigenvalue weighted by Gasteiger charge is 2.31. The van der Waals surface area contributed by atoms with Gasteiger partial charge in [0.1, 0.15) is 0 Å². The number of hydrogen-bond acceptors (Lipinski definition) is 8. The van der Waals surface area contributed by atoms with Gasteiger partial charge in [0, 0.05) is 39.3 Å². The van der Waals surface area contributed by atoms with E-state index in [2.05, 4.69) is 51.3 Å². The molecule has 1 aromatic heterocycles. The molecule has 9 heteroatoms. The van der Waals surface area contributed by atoms with E-state index in [1.807, 2.05) is 10.7 Å². The highest BCUT2D eigenvalue weighted by Crippen LogP contribution is 2.33. The van der Waals surface area contributed by atoms with Crippen LogP contribution in [0.25, 0.3) is 0 Å². The van der Waals surface area contributed by atoms with Crippen LogP contribution in [0.1, 0.15) is 50.5 Å². The maximum atomic E-state index is 5.83. The third kappa shape index (κ3) is 4.89. The summed E-state index contributed by atoms with van der Waals surface area (Å²) in [7, 11) is 0. The first-order valence-electron chi connectivity index (χ1n) is 11.9. The lowest BCUT2D eigenvalue weighted by Gasteiger charge is -2.39. The summed E-state index contributed by atoms with van der Waals surface area (Å²) in [5.74, 6) is 3.25. The van der Waals surface area contributed by atoms with Crippen LogP contribution < -0.4 is 9.47 Å². The molecule has 1 aromatic carbocycles. The zero-order valence-corrected chi connectivity index (χ0v) is 19.2. The van der Waals surface area contributed by atoms with E-state index >= 15 is 0 Å². The van der Waals surface area contributed by atoms with Gasteiger partial charge in [0.25, 0.3) is 0 Å². The molecule has 0 amide bonds. The van der Waals surface area contributed by atoms with Crippen LogP contribution in [0.2, 0.25) is 0 Å². The van der Waals surface area contributed by atoms with Crippen molar-refractivity contribution in [3.63, 3.8) is 0 Å². The van der Waals surface area contributed by atoms with Crippen LogP contribution in [0.5, 0.6) is 11.5 Å². The van der Waals surface area contributed by atoms with Crippen LogP contribution in [0.15, 0.2) is 18.2 Å². The number of aromatic nitrogens is 4. The molecule has 5 rings (SSSR count). The van der Waals surface area contributed by atoms with Gasteiger partial charge in [-0.25, -0.2) is 4.68 Å². The van der Waals surface area contributed by atoms with Gasteiger partial charge < -0.3 is 14.2 Å². The van der Waals surface area contributed by atoms with Crippen molar-refractivity contribution in [1.29, 1.82) is 0 Å². The highest BCUT2D eigenvalue weighted by atomic mass is 16.7. The minimum atomic E-state index is 0.232. The van der Waals surface area contributed by atoms with E-state index in [4.69, 9.17) is 14.2 Å². The van der Waals surface area contributed by atoms with Crippen molar-refractivity contribution in [3.8, 4) is 11.5 Å². The SMILES string of the molecule is CC(C)C[C@H](c1nnnn1C[C@H]1CCCO1)N1CCN(Cc2ccc3c(c2)OCO3)CC1. The third-order valence-electron chi connectivity index (χ3n) is 6.64. The first-order chi connectivity index (χ1) is 15.7. The number of benzene rings is 1. The molecule has 0 N–H and O–H groups in total. The molecule has 0 spiro atoms. The van der Waals surface area contributed by atoms with Crippen molar-refractivity contribution < 1.29 is 14.2 Å². The summed E-state index contributed by atoms with van der Waals surface area (Å²) in [5, 5.41) is 12.8. The van der Waals surface area contributed by atoms with E-state index in [-0.39, 0.29) is 12.1 Å². The van der Waals surface area contributed by atoms with E-state index in [9.17, 15) is 0 Å². The lowest BCUT2D eigenvalue weighted by Crippen LogP contribution is -2.48. The van der Waals surface area contributed by atoms with E-state index in [1.54, 1.807) is 0 Å². The average molecular weight is 443 g/mol. The fourth-order valence-electron chi connectivity index (χ4n) is 4.96. The van der Waals surface area contributed by atoms with Gasteiger partial charge >= 0.3 is 0 Å². The standard InChI is InChI=1S/C23H34N6O3/c1-17(2)12-20(23-24-25-26-29(23)15-19-4-3-11-30-19)28-9-7-27(8-10-28)14-18-5-6-21-22(13-18)32-16-31-21/h5-6,13,17,19-20H,3-4,7-12,14-16H2,1-2H3/t19-,20-/m1/s1. The largest absolute Gasteiger partial charge is 0.454 e. The normalized spacial score (nSPS) is 22.7. The van der Waals surface area contributed by atoms with Gasteiger partial charge in [0.15, 0.2) is 17.3 Å². The third-order valence-corrected chi connectivity index (χ3v) is 6.64. The quantitative estimate of drug-likeness (QED) is 0.617. The van der Waals surface area contributed by atoms with Crippen molar-refractivity contribution in [3.05, 3.63) is 29.6 Å². The van der Waals surface area contributed by atoms with Crippen molar-refractivity contribution in [1.82, 2.24) is 30.0 Å². The number of nitrogens with zero attached hydrogens (tertiary/aromatic N) is 6. The Morgan fingerprint density at radius 1 is 1.09 bits per heavy atom. The minimum Gasteiger partial charge on any atom is -0.454 e. The van der Waals surface area contributed by atoms with Crippen LogP contribution in [-0.2, 0) is 17.8 Å². The molecular formula is C23H34N6O3. The van der Waals surface area contributed by atoms with Crippen LogP contribution in [0.3, 0.4) is 0 Å². The maximum absolute atomic E-state index is 5.83. The Kier molecular flexibility index (Phi) is 6.56. The molecule has 32 heavy (non-hydrogen) atoms. The molecule has 0 aliphatic carbocycles. The summed E-state index contributed by atoms with van der Waals surface area (Å²) in [5.41, 5.74) is 1.27. The zero-order chi connectivity index (χ0) is 21.9. The summed E-state index contributed by atoms with van der Waals surface area (Å²) in [6, 6.07) is 6.50. The summed E-state index contributed by atoms with van der Waals surface area (Å²) in [4.78, 5) is 5.07. The monoisotopic (exact) mass is 442 g/mol. The number of rotatable bonds is 8. The summed E-state index contributed by atoms with van der Waals surface area (Å²) in [6.45, 7) is 11.5. The fourth-order valence-corrected chi connectivity index (χ4v) is 4.96. The fraction of sp³-hybridized carbons (Fsp3) is 0.696. The van der Waals surface area contributed by atoms with Gasteiger partial charge in [0.05, 0.1) is 18.7 Å². The van der Waals surface area contributed by atoms with Gasteiger partial charge in [-0.3, -0.25) is 9.80 Å². The minimum absolute atomic E-state index is 0.232. The Bertz CT molecular complexity index is 890. The number of fused-ring (bicyclic) bond motifs is 1. The van der Waals surface area contributed by atoms with Gasteiger partial charge in [-0.2, -0.15) is 0 Å². The van der Waals surface area contributed by atoms with Gasteiger partial charge in [-0.1, -0.05) is 19.9 Å². The molecule has 0 bridgehead atoms. The Morgan fingerprint density at radius 3 is 2.72 bits per heavy atom. The molecule has 0 unspecified atom stereocenters. The highest BCUT2D eigenvalue weighted by molar-refractivity contribution is 5.44. The van der Waals surface area contributed by atoms with E-state index in [1.165, 1.54) is 5.56 Å². The first kappa shape index (κ1) is 21.6. The number of tetrazole rings is 1. The molecule has 3 aliphatic heterocycles. The van der Waals surface area contributed by atoms with Gasteiger partial charge in [-0.05, 0) is 53.3 Å². The van der Waals surface area contributed by atoms with E-state index < -0.39 is 0 Å². The summed E-state index contributed by atoms with van der Waals surface area (Å²) < 4.78 is 18.8. The summed E-state index contributed by atoms with van der Waals surface area (Å²) in [6.07, 6.45) is 3.50. The molecule has 4 heterocycles. The first-order valence-corrected chi connectivity index (χ1v) is 11.9. The van der Waals surface area contributed by atoms with Crippen molar-refractivity contribution in [2.75, 3.05) is 39.6 Å². The Balaban J connectivity index is 1.22. The van der Waals surface area contributed by atoms with E-state index in [0.29, 0.717) is 12.7 Å². The Morgan fingerprint density at radius 2 is 1.94 bits per heavy atom. The van der Waals surface area contributed by atoms with Crippen molar-refractivity contribution >= 4 is 0 Å². The lowest BCUT2D eigenvalue weighted by atomic mass is 10.0. The molecule has 2 saturated heterocycles. The molecule has 2 atom stereocenters. The van der Waals surface area contributed by atoms with Crippen LogP contribution >= 0.6 is 0 Å². The van der Waals surface area contributed by atoms with E-state index in [0.717, 1.165) is 82.5 Å². The molecule has 2 fully saturated rings. The topological polar surface area (TPSA) is 77.8 Å². The second-order valence-electron chi connectivity index (χ2n) is 9.50. The lowest BCUT2D eigenvalue weighted by molar-refractivity contribution is 0.0697. The number of piperazine rings is 1. The second-order valence-corrected chi connectivity index (χ2v) is 9.50. The van der Waals surface area contributed by atoms with Crippen molar-refractivity contribution in [2.45, 2.75) is 58.3 Å². The molecule has 0 saturated carbocycles. The predicted octanol–water partition coefficient (Wildman–Crippen LogP) is 2.49. The van der Waals surface area contributed by atoms with Gasteiger partial charge in [0.2, 0.25) is 6.79 Å². The Hall–Kier alpha value is -2.23. The molecule has 174 valence electrons. The molecule has 9 nitrogen and oxygen atoms in total. The number of ether oxygens (including phenoxy) is 3. The second kappa shape index (κ2) is 9.72. The average Bonchev–Trinajstić information content (AvgIpc) is 3.55. The molecule has 2 aromatic rings.